The zero-order chi connectivity index (χ0) is 40.6. The van der Waals surface area contributed by atoms with Crippen molar-refractivity contribution in [2.24, 2.45) is 23.7 Å². The van der Waals surface area contributed by atoms with Crippen molar-refractivity contribution in [2.75, 3.05) is 13.2 Å². The van der Waals surface area contributed by atoms with E-state index in [1.54, 1.807) is 24.3 Å². The second-order valence-electron chi connectivity index (χ2n) is 16.0. The van der Waals surface area contributed by atoms with Crippen LogP contribution < -0.4 is 0 Å². The molecule has 4 nitrogen and oxygen atoms in total. The third-order valence-corrected chi connectivity index (χ3v) is 11.8. The lowest BCUT2D eigenvalue weighted by molar-refractivity contribution is 0.0415. The Morgan fingerprint density at radius 2 is 0.696 bits per heavy atom. The van der Waals surface area contributed by atoms with Gasteiger partial charge >= 0.3 is 11.9 Å². The first-order valence-electron chi connectivity index (χ1n) is 23.0. The summed E-state index contributed by atoms with van der Waals surface area (Å²) in [5.74, 6) is 1.70. The lowest BCUT2D eigenvalue weighted by atomic mass is 9.80. The van der Waals surface area contributed by atoms with E-state index in [0.29, 0.717) is 48.0 Å². The maximum Gasteiger partial charge on any atom is 0.339 e. The Hall–Kier alpha value is -3.40. The van der Waals surface area contributed by atoms with Crippen LogP contribution in [0.5, 0.6) is 0 Å². The Bertz CT molecular complexity index is 1280. The Morgan fingerprint density at radius 1 is 0.393 bits per heavy atom. The molecular weight excluding hydrogens is 689 g/mol. The molecule has 4 unspecified atom stereocenters. The molecule has 312 valence electrons. The van der Waals surface area contributed by atoms with Crippen LogP contribution >= 0.6 is 0 Å². The fourth-order valence-electron chi connectivity index (χ4n) is 8.27. The van der Waals surface area contributed by atoms with Crippen molar-refractivity contribution in [3.63, 3.8) is 0 Å². The van der Waals surface area contributed by atoms with Gasteiger partial charge in [-0.15, -0.1) is 0 Å². The first kappa shape index (κ1) is 48.7. The van der Waals surface area contributed by atoms with Gasteiger partial charge in [-0.3, -0.25) is 0 Å². The number of rotatable bonds is 29. The van der Waals surface area contributed by atoms with Crippen LogP contribution in [0.25, 0.3) is 11.1 Å². The molecule has 3 rings (SSSR count). The molecule has 0 aliphatic heterocycles. The van der Waals surface area contributed by atoms with Crippen molar-refractivity contribution in [3.8, 4) is 11.1 Å². The van der Waals surface area contributed by atoms with Gasteiger partial charge in [0.2, 0.25) is 0 Å². The maximum atomic E-state index is 13.2. The van der Waals surface area contributed by atoms with Crippen LogP contribution in [-0.2, 0) is 9.47 Å². The fourth-order valence-corrected chi connectivity index (χ4v) is 8.27. The van der Waals surface area contributed by atoms with E-state index in [1.165, 1.54) is 127 Å². The van der Waals surface area contributed by atoms with Crippen LogP contribution in [0.3, 0.4) is 0 Å². The van der Waals surface area contributed by atoms with Crippen molar-refractivity contribution in [3.05, 3.63) is 96.1 Å². The molecule has 56 heavy (non-hydrogen) atoms. The van der Waals surface area contributed by atoms with E-state index >= 15 is 0 Å². The van der Waals surface area contributed by atoms with E-state index in [4.69, 9.17) is 9.47 Å². The molecule has 0 bridgehead atoms. The Balaban J connectivity index is 0.000000753. The highest BCUT2D eigenvalue weighted by molar-refractivity contribution is 6.03. The molecule has 0 spiro atoms. The van der Waals surface area contributed by atoms with Gasteiger partial charge in [-0.2, -0.15) is 0 Å². The number of carbonyl (C=O) groups excluding carboxylic acids is 2. The highest BCUT2D eigenvalue weighted by Gasteiger charge is 2.24. The zero-order valence-corrected chi connectivity index (χ0v) is 36.6. The van der Waals surface area contributed by atoms with E-state index in [2.05, 4.69) is 90.1 Å². The van der Waals surface area contributed by atoms with Crippen molar-refractivity contribution in [1.29, 1.82) is 0 Å². The molecule has 0 radical (unpaired) electrons. The first-order valence-corrected chi connectivity index (χ1v) is 23.0. The molecule has 0 aliphatic carbocycles. The topological polar surface area (TPSA) is 52.6 Å². The average Bonchev–Trinajstić information content (AvgIpc) is 3.24. The number of esters is 2. The molecule has 0 saturated carbocycles. The van der Waals surface area contributed by atoms with Gasteiger partial charge in [0.1, 0.15) is 0 Å². The van der Waals surface area contributed by atoms with E-state index in [-0.39, 0.29) is 0 Å². The minimum absolute atomic E-state index is 0.320. The summed E-state index contributed by atoms with van der Waals surface area (Å²) in [4.78, 5) is 26.4. The fraction of sp³-hybridized carbons (Fsp3) is 0.615. The second kappa shape index (κ2) is 31.7. The quantitative estimate of drug-likeness (QED) is 0.0521. The molecule has 0 aliphatic rings. The minimum Gasteiger partial charge on any atom is -0.462 e. The maximum absolute atomic E-state index is 13.2. The highest BCUT2D eigenvalue weighted by Crippen LogP contribution is 2.32. The molecule has 4 atom stereocenters. The molecule has 4 heteroatoms. The second-order valence-corrected chi connectivity index (χ2v) is 16.0. The van der Waals surface area contributed by atoms with Gasteiger partial charge in [0.15, 0.2) is 0 Å². The molecule has 0 amide bonds. The molecule has 0 aromatic heterocycles. The van der Waals surface area contributed by atoms with E-state index in [9.17, 15) is 9.59 Å². The summed E-state index contributed by atoms with van der Waals surface area (Å²) in [5.41, 5.74) is 3.19. The van der Waals surface area contributed by atoms with Crippen LogP contribution in [0, 0.1) is 23.7 Å². The summed E-state index contributed by atoms with van der Waals surface area (Å²) in [5, 5.41) is 0. The summed E-state index contributed by atoms with van der Waals surface area (Å²) in [6, 6.07) is 27.8. The lowest BCUT2D eigenvalue weighted by Gasteiger charge is -2.27. The third kappa shape index (κ3) is 19.6. The van der Waals surface area contributed by atoms with Crippen LogP contribution in [0.2, 0.25) is 0 Å². The molecule has 3 aromatic carbocycles. The van der Waals surface area contributed by atoms with Crippen molar-refractivity contribution in [2.45, 2.75) is 170 Å². The van der Waals surface area contributed by atoms with Gasteiger partial charge in [0, 0.05) is 0 Å². The Labute approximate surface area is 344 Å². The smallest absolute Gasteiger partial charge is 0.339 e. The summed E-state index contributed by atoms with van der Waals surface area (Å²) >= 11 is 0. The van der Waals surface area contributed by atoms with Crippen molar-refractivity contribution < 1.29 is 19.1 Å². The van der Waals surface area contributed by atoms with Crippen LogP contribution in [0.15, 0.2) is 84.9 Å². The number of carbonyl (C=O) groups is 2. The summed E-state index contributed by atoms with van der Waals surface area (Å²) < 4.78 is 11.6. The summed E-state index contributed by atoms with van der Waals surface area (Å²) in [6.45, 7) is 14.4. The molecule has 0 fully saturated rings. The average molecular weight is 769 g/mol. The van der Waals surface area contributed by atoms with Gasteiger partial charge in [0.25, 0.3) is 0 Å². The molecular formula is C52H80O4. The van der Waals surface area contributed by atoms with E-state index in [1.807, 2.05) is 12.1 Å². The lowest BCUT2D eigenvalue weighted by Crippen LogP contribution is -2.20. The molecule has 3 aromatic rings. The normalized spacial score (nSPS) is 13.2. The summed E-state index contributed by atoms with van der Waals surface area (Å²) in [7, 11) is 0. The Kier molecular flexibility index (Phi) is 27.6. The SMILES string of the molecule is CCCCCC(CC)C(CCCCC)CCOC(=O)c1ccccc1C(=O)OCCC(CCCCC)C(CC)CCCCC.c1ccc(-c2ccccc2)cc1. The zero-order valence-electron chi connectivity index (χ0n) is 36.6. The predicted octanol–water partition coefficient (Wildman–Crippen LogP) is 15.7. The number of benzene rings is 3. The van der Waals surface area contributed by atoms with Gasteiger partial charge in [-0.1, -0.05) is 230 Å². The van der Waals surface area contributed by atoms with Crippen molar-refractivity contribution in [1.82, 2.24) is 0 Å². The Morgan fingerprint density at radius 3 is 1.00 bits per heavy atom. The molecule has 0 N–H and O–H groups in total. The number of hydrogen-bond donors (Lipinski definition) is 0. The van der Waals surface area contributed by atoms with Crippen LogP contribution in [0.4, 0.5) is 0 Å². The van der Waals surface area contributed by atoms with Crippen LogP contribution in [0.1, 0.15) is 191 Å². The minimum atomic E-state index is -0.414. The highest BCUT2D eigenvalue weighted by atomic mass is 16.5. The standard InChI is InChI=1S/C40H70O4.C12H10/c1-7-13-17-23-33(11-5)35(25-19-15-9-3)29-31-43-39(41)37-27-21-22-28-38(37)40(42)44-32-30-36(26-20-16-10-4)34(12-6)24-18-14-8-2;1-3-7-11(8-4-1)12-9-5-2-6-10-12/h21-22,27-28,33-36H,7-20,23-26,29-32H2,1-6H3;1-10H. The first-order chi connectivity index (χ1) is 27.4. The monoisotopic (exact) mass is 769 g/mol. The number of unbranched alkanes of at least 4 members (excludes halogenated alkanes) is 8. The van der Waals surface area contributed by atoms with E-state index in [0.717, 1.165) is 12.8 Å². The summed E-state index contributed by atoms with van der Waals surface area (Å²) in [6.07, 6.45) is 24.2. The molecule has 0 heterocycles. The predicted molar refractivity (Wildman–Crippen MR) is 239 cm³/mol. The molecule has 0 saturated heterocycles. The van der Waals surface area contributed by atoms with Gasteiger partial charge in [0.05, 0.1) is 24.3 Å². The number of hydrogen-bond acceptors (Lipinski definition) is 4. The van der Waals surface area contributed by atoms with Gasteiger partial charge < -0.3 is 9.47 Å². The number of ether oxygens (including phenoxy) is 2. The van der Waals surface area contributed by atoms with Gasteiger partial charge in [-0.25, -0.2) is 9.59 Å². The third-order valence-electron chi connectivity index (χ3n) is 11.8. The van der Waals surface area contributed by atoms with Crippen LogP contribution in [-0.4, -0.2) is 25.2 Å². The van der Waals surface area contributed by atoms with Gasteiger partial charge in [-0.05, 0) is 59.8 Å². The van der Waals surface area contributed by atoms with Crippen molar-refractivity contribution >= 4 is 11.9 Å². The van der Waals surface area contributed by atoms with E-state index < -0.39 is 11.9 Å². The largest absolute Gasteiger partial charge is 0.462 e.